The summed E-state index contributed by atoms with van der Waals surface area (Å²) < 4.78 is 0. The van der Waals surface area contributed by atoms with Gasteiger partial charge in [-0.3, -0.25) is 9.59 Å². The van der Waals surface area contributed by atoms with Crippen molar-refractivity contribution in [2.24, 2.45) is 11.3 Å². The van der Waals surface area contributed by atoms with Crippen LogP contribution in [0.1, 0.15) is 36.2 Å². The Morgan fingerprint density at radius 1 is 1.43 bits per heavy atom. The number of carboxylic acid groups (broad SMARTS) is 1. The van der Waals surface area contributed by atoms with E-state index in [2.05, 4.69) is 4.98 Å². The average molecular weight is 310 g/mol. The second-order valence-corrected chi connectivity index (χ2v) is 6.73. The van der Waals surface area contributed by atoms with Gasteiger partial charge in [0.05, 0.1) is 11.6 Å². The predicted octanol–water partition coefficient (Wildman–Crippen LogP) is 1.22. The van der Waals surface area contributed by atoms with E-state index in [4.69, 9.17) is 0 Å². The van der Waals surface area contributed by atoms with Gasteiger partial charge in [-0.2, -0.15) is 0 Å². The molecule has 1 aliphatic carbocycles. The lowest BCUT2D eigenvalue weighted by Crippen LogP contribution is -2.57. The molecule has 1 saturated carbocycles. The maximum Gasteiger partial charge on any atom is 0.314 e. The number of thiazole rings is 1. The number of piperidine rings is 1. The third kappa shape index (κ3) is 2.67. The lowest BCUT2D eigenvalue weighted by Gasteiger charge is -2.43. The zero-order valence-corrected chi connectivity index (χ0v) is 12.4. The smallest absolute Gasteiger partial charge is 0.314 e. The van der Waals surface area contributed by atoms with Gasteiger partial charge in [0, 0.05) is 18.5 Å². The van der Waals surface area contributed by atoms with Crippen LogP contribution in [0.25, 0.3) is 0 Å². The van der Waals surface area contributed by atoms with E-state index in [1.165, 1.54) is 16.2 Å². The van der Waals surface area contributed by atoms with Crippen LogP contribution in [-0.2, 0) is 4.79 Å². The lowest BCUT2D eigenvalue weighted by molar-refractivity contribution is -0.163. The zero-order valence-electron chi connectivity index (χ0n) is 11.6. The molecule has 21 heavy (non-hydrogen) atoms. The van der Waals surface area contributed by atoms with Crippen LogP contribution in [0.15, 0.2) is 10.9 Å². The monoisotopic (exact) mass is 310 g/mol. The summed E-state index contributed by atoms with van der Waals surface area (Å²) in [5.41, 5.74) is 0.702. The van der Waals surface area contributed by atoms with E-state index >= 15 is 0 Å². The molecule has 2 aliphatic rings. The molecule has 6 nitrogen and oxygen atoms in total. The maximum atomic E-state index is 12.4. The van der Waals surface area contributed by atoms with E-state index in [1.807, 2.05) is 0 Å². The molecule has 1 aromatic heterocycles. The first-order valence-corrected chi connectivity index (χ1v) is 8.06. The summed E-state index contributed by atoms with van der Waals surface area (Å²) in [5, 5.41) is 21.6. The van der Waals surface area contributed by atoms with Crippen LogP contribution < -0.4 is 0 Å². The number of aliphatic hydroxyl groups is 1. The molecule has 2 fully saturated rings. The largest absolute Gasteiger partial charge is 0.481 e. The minimum atomic E-state index is -1.23. The van der Waals surface area contributed by atoms with Crippen molar-refractivity contribution >= 4 is 23.2 Å². The van der Waals surface area contributed by atoms with Gasteiger partial charge in [-0.1, -0.05) is 12.8 Å². The molecule has 0 aromatic carbocycles. The second kappa shape index (κ2) is 5.38. The number of amides is 1. The van der Waals surface area contributed by atoms with Crippen molar-refractivity contribution in [1.82, 2.24) is 9.88 Å². The molecule has 0 spiro atoms. The van der Waals surface area contributed by atoms with Gasteiger partial charge in [0.2, 0.25) is 0 Å². The predicted molar refractivity (Wildman–Crippen MR) is 76.1 cm³/mol. The number of aliphatic hydroxyl groups excluding tert-OH is 1. The number of rotatable bonds is 4. The Hall–Kier alpha value is -1.47. The molecular weight excluding hydrogens is 292 g/mol. The molecule has 1 aromatic rings. The van der Waals surface area contributed by atoms with Crippen molar-refractivity contribution in [3.05, 3.63) is 16.6 Å². The first kappa shape index (κ1) is 14.5. The summed E-state index contributed by atoms with van der Waals surface area (Å²) in [7, 11) is 0. The normalized spacial score (nSPS) is 29.4. The van der Waals surface area contributed by atoms with Crippen LogP contribution in [0.3, 0.4) is 0 Å². The summed E-state index contributed by atoms with van der Waals surface area (Å²) in [4.78, 5) is 29.7. The fourth-order valence-electron chi connectivity index (χ4n) is 3.07. The summed E-state index contributed by atoms with van der Waals surface area (Å²) in [5.74, 6) is -0.882. The number of carbonyl (C=O) groups excluding carboxylic acids is 1. The highest BCUT2D eigenvalue weighted by molar-refractivity contribution is 7.07. The second-order valence-electron chi connectivity index (χ2n) is 6.01. The third-order valence-corrected chi connectivity index (χ3v) is 5.08. The Bertz CT molecular complexity index is 543. The summed E-state index contributed by atoms with van der Waals surface area (Å²) in [6, 6.07) is 0. The molecule has 3 rings (SSSR count). The van der Waals surface area contributed by atoms with Crippen molar-refractivity contribution in [1.29, 1.82) is 0 Å². The standard InChI is InChI=1S/C14H18N2O4S/c17-11-3-4-16(12(18)10-6-21-8-15-10)7-14(11,13(19)20)5-9-1-2-9/h6,8-9,11,17H,1-5,7H2,(H,19,20)/t11-,14-/m1/s1. The van der Waals surface area contributed by atoms with Crippen LogP contribution in [0, 0.1) is 11.3 Å². The molecule has 0 radical (unpaired) electrons. The Morgan fingerprint density at radius 3 is 2.76 bits per heavy atom. The average Bonchev–Trinajstić information content (AvgIpc) is 3.10. The van der Waals surface area contributed by atoms with Crippen molar-refractivity contribution < 1.29 is 19.8 Å². The third-order valence-electron chi connectivity index (χ3n) is 4.50. The summed E-state index contributed by atoms with van der Waals surface area (Å²) >= 11 is 1.33. The number of likely N-dealkylation sites (tertiary alicyclic amines) is 1. The van der Waals surface area contributed by atoms with Crippen molar-refractivity contribution in [3.63, 3.8) is 0 Å². The van der Waals surface area contributed by atoms with E-state index in [9.17, 15) is 19.8 Å². The number of aromatic nitrogens is 1. The van der Waals surface area contributed by atoms with Gasteiger partial charge in [0.15, 0.2) is 0 Å². The minimum absolute atomic E-state index is 0.0658. The van der Waals surface area contributed by atoms with Gasteiger partial charge in [0.1, 0.15) is 11.1 Å². The number of carboxylic acids is 1. The van der Waals surface area contributed by atoms with Crippen molar-refractivity contribution in [3.8, 4) is 0 Å². The molecule has 0 bridgehead atoms. The minimum Gasteiger partial charge on any atom is -0.481 e. The highest BCUT2D eigenvalue weighted by Crippen LogP contribution is 2.45. The van der Waals surface area contributed by atoms with Crippen LogP contribution in [0.2, 0.25) is 0 Å². The number of nitrogens with zero attached hydrogens (tertiary/aromatic N) is 2. The molecule has 114 valence electrons. The van der Waals surface area contributed by atoms with E-state index in [-0.39, 0.29) is 12.5 Å². The SMILES string of the molecule is O=C(c1cscn1)N1CC[C@@H](O)[C@](CC2CC2)(C(=O)O)C1. The Balaban J connectivity index is 1.82. The van der Waals surface area contributed by atoms with Gasteiger partial charge in [-0.25, -0.2) is 4.98 Å². The number of aliphatic carboxylic acids is 1. The summed E-state index contributed by atoms with van der Waals surface area (Å²) in [6.45, 7) is 0.438. The number of carbonyl (C=O) groups is 2. The number of hydrogen-bond donors (Lipinski definition) is 2. The Labute approximate surface area is 126 Å². The fraction of sp³-hybridized carbons (Fsp3) is 0.643. The molecular formula is C14H18N2O4S. The van der Waals surface area contributed by atoms with Crippen molar-refractivity contribution in [2.45, 2.75) is 31.8 Å². The lowest BCUT2D eigenvalue weighted by atomic mass is 9.73. The fourth-order valence-corrected chi connectivity index (χ4v) is 3.59. The van der Waals surface area contributed by atoms with Crippen molar-refractivity contribution in [2.75, 3.05) is 13.1 Å². The molecule has 7 heteroatoms. The topological polar surface area (TPSA) is 90.7 Å². The van der Waals surface area contributed by atoms with E-state index < -0.39 is 17.5 Å². The van der Waals surface area contributed by atoms with E-state index in [0.717, 1.165) is 12.8 Å². The maximum absolute atomic E-state index is 12.4. The quantitative estimate of drug-likeness (QED) is 0.872. The highest BCUT2D eigenvalue weighted by atomic mass is 32.1. The van der Waals surface area contributed by atoms with Gasteiger partial charge >= 0.3 is 5.97 Å². The molecule has 1 saturated heterocycles. The Kier molecular flexibility index (Phi) is 3.71. The molecule has 1 aliphatic heterocycles. The van der Waals surface area contributed by atoms with Gasteiger partial charge < -0.3 is 15.1 Å². The zero-order chi connectivity index (χ0) is 15.0. The van der Waals surface area contributed by atoms with Crippen LogP contribution in [0.5, 0.6) is 0 Å². The first-order valence-electron chi connectivity index (χ1n) is 7.12. The molecule has 0 unspecified atom stereocenters. The van der Waals surface area contributed by atoms with Crippen LogP contribution in [0.4, 0.5) is 0 Å². The Morgan fingerprint density at radius 2 is 2.19 bits per heavy atom. The van der Waals surface area contributed by atoms with Gasteiger partial charge in [-0.15, -0.1) is 11.3 Å². The number of hydrogen-bond acceptors (Lipinski definition) is 5. The van der Waals surface area contributed by atoms with Gasteiger partial charge in [0.25, 0.3) is 5.91 Å². The van der Waals surface area contributed by atoms with E-state index in [1.54, 1.807) is 10.9 Å². The summed E-state index contributed by atoms with van der Waals surface area (Å²) in [6.07, 6.45) is 1.89. The molecule has 1 amide bonds. The molecule has 2 atom stereocenters. The molecule has 2 N–H and O–H groups in total. The molecule has 2 heterocycles. The van der Waals surface area contributed by atoms with Crippen LogP contribution in [-0.4, -0.2) is 51.2 Å². The first-order chi connectivity index (χ1) is 10.0. The van der Waals surface area contributed by atoms with E-state index in [0.29, 0.717) is 31.0 Å². The van der Waals surface area contributed by atoms with Crippen LogP contribution >= 0.6 is 11.3 Å². The van der Waals surface area contributed by atoms with Gasteiger partial charge in [-0.05, 0) is 18.8 Å². The highest BCUT2D eigenvalue weighted by Gasteiger charge is 2.52.